The molecule has 19 heavy (non-hydrogen) atoms. The summed E-state index contributed by atoms with van der Waals surface area (Å²) in [6.45, 7) is 5.59. The third kappa shape index (κ3) is 4.06. The molecule has 0 aliphatic carbocycles. The molecule has 0 saturated carbocycles. The average molecular weight is 328 g/mol. The summed E-state index contributed by atoms with van der Waals surface area (Å²) in [6.07, 6.45) is 0.687. The number of carbonyl (C=O) groups is 2. The normalized spacial score (nSPS) is 13.7. The second-order valence-corrected chi connectivity index (χ2v) is 5.51. The maximum absolute atomic E-state index is 12.1. The summed E-state index contributed by atoms with van der Waals surface area (Å²) >= 11 is 3.30. The van der Waals surface area contributed by atoms with Crippen LogP contribution in [-0.4, -0.2) is 23.0 Å². The van der Waals surface area contributed by atoms with Gasteiger partial charge in [0, 0.05) is 4.47 Å². The lowest BCUT2D eigenvalue weighted by molar-refractivity contribution is -0.140. The number of hydrogen-bond acceptors (Lipinski definition) is 2. The molecule has 0 aliphatic heterocycles. The Kier molecular flexibility index (Phi) is 5.54. The van der Waals surface area contributed by atoms with Crippen molar-refractivity contribution in [2.24, 2.45) is 5.92 Å². The summed E-state index contributed by atoms with van der Waals surface area (Å²) in [5, 5.41) is 11.8. The molecule has 1 aromatic carbocycles. The first-order valence-electron chi connectivity index (χ1n) is 6.16. The number of hydrogen-bond donors (Lipinski definition) is 2. The van der Waals surface area contributed by atoms with E-state index in [2.05, 4.69) is 21.2 Å². The van der Waals surface area contributed by atoms with Crippen LogP contribution >= 0.6 is 15.9 Å². The van der Waals surface area contributed by atoms with Crippen LogP contribution < -0.4 is 5.32 Å². The fraction of sp³-hybridized carbons (Fsp3) is 0.429. The van der Waals surface area contributed by atoms with E-state index < -0.39 is 12.0 Å². The van der Waals surface area contributed by atoms with Crippen LogP contribution in [0.3, 0.4) is 0 Å². The van der Waals surface area contributed by atoms with E-state index in [9.17, 15) is 9.59 Å². The Labute approximate surface area is 121 Å². The van der Waals surface area contributed by atoms with Crippen LogP contribution in [0.2, 0.25) is 0 Å². The summed E-state index contributed by atoms with van der Waals surface area (Å²) in [6, 6.07) is 4.52. The summed E-state index contributed by atoms with van der Waals surface area (Å²) < 4.78 is 0.656. The predicted octanol–water partition coefficient (Wildman–Crippen LogP) is 2.99. The number of carbonyl (C=O) groups excluding carboxylic acids is 1. The minimum absolute atomic E-state index is 0.120. The molecular weight excluding hydrogens is 310 g/mol. The molecule has 0 aromatic heterocycles. The number of halogens is 1. The van der Waals surface area contributed by atoms with Gasteiger partial charge in [-0.15, -0.1) is 0 Å². The zero-order chi connectivity index (χ0) is 14.6. The van der Waals surface area contributed by atoms with Gasteiger partial charge in [-0.3, -0.25) is 4.79 Å². The van der Waals surface area contributed by atoms with Gasteiger partial charge < -0.3 is 10.4 Å². The second kappa shape index (κ2) is 6.70. The number of benzene rings is 1. The molecular formula is C14H18BrNO3. The molecule has 1 aromatic rings. The van der Waals surface area contributed by atoms with Gasteiger partial charge in [-0.2, -0.15) is 0 Å². The lowest BCUT2D eigenvalue weighted by atomic mass is 9.99. The van der Waals surface area contributed by atoms with E-state index in [1.54, 1.807) is 12.1 Å². The summed E-state index contributed by atoms with van der Waals surface area (Å²) in [7, 11) is 0. The SMILES string of the molecule is CCC(C)[C@H](NC(=O)c1cc(C)ccc1Br)C(=O)O. The van der Waals surface area contributed by atoms with Crippen molar-refractivity contribution in [1.82, 2.24) is 5.32 Å². The monoisotopic (exact) mass is 327 g/mol. The minimum atomic E-state index is -1.01. The standard InChI is InChI=1S/C14H18BrNO3/c1-4-9(3)12(14(18)19)16-13(17)10-7-8(2)5-6-11(10)15/h5-7,9,12H,4H2,1-3H3,(H,16,17)(H,18,19)/t9?,12-/m0/s1. The number of rotatable bonds is 5. The maximum Gasteiger partial charge on any atom is 0.326 e. The van der Waals surface area contributed by atoms with Gasteiger partial charge in [0.15, 0.2) is 0 Å². The topological polar surface area (TPSA) is 66.4 Å². The Balaban J connectivity index is 2.94. The van der Waals surface area contributed by atoms with E-state index in [-0.39, 0.29) is 11.8 Å². The lowest BCUT2D eigenvalue weighted by Gasteiger charge is -2.20. The fourth-order valence-corrected chi connectivity index (χ4v) is 2.14. The zero-order valence-corrected chi connectivity index (χ0v) is 12.8. The molecule has 2 atom stereocenters. The highest BCUT2D eigenvalue weighted by molar-refractivity contribution is 9.10. The molecule has 1 rings (SSSR count). The van der Waals surface area contributed by atoms with Gasteiger partial charge in [0.2, 0.25) is 0 Å². The number of aliphatic carboxylic acids is 1. The van der Waals surface area contributed by atoms with E-state index in [1.165, 1.54) is 0 Å². The number of amides is 1. The van der Waals surface area contributed by atoms with E-state index >= 15 is 0 Å². The Morgan fingerprint density at radius 1 is 1.42 bits per heavy atom. The Morgan fingerprint density at radius 3 is 2.58 bits per heavy atom. The first-order valence-corrected chi connectivity index (χ1v) is 6.96. The minimum Gasteiger partial charge on any atom is -0.480 e. The highest BCUT2D eigenvalue weighted by Crippen LogP contribution is 2.19. The molecule has 0 heterocycles. The number of aryl methyl sites for hydroxylation is 1. The van der Waals surface area contributed by atoms with Crippen molar-refractivity contribution in [3.63, 3.8) is 0 Å². The zero-order valence-electron chi connectivity index (χ0n) is 11.2. The molecule has 0 fully saturated rings. The molecule has 0 saturated heterocycles. The van der Waals surface area contributed by atoms with Gasteiger partial charge in [0.25, 0.3) is 5.91 Å². The Bertz CT molecular complexity index is 488. The highest BCUT2D eigenvalue weighted by atomic mass is 79.9. The molecule has 2 N–H and O–H groups in total. The third-order valence-electron chi connectivity index (χ3n) is 3.13. The molecule has 0 radical (unpaired) electrons. The summed E-state index contributed by atoms with van der Waals surface area (Å²) in [5.41, 5.74) is 1.40. The molecule has 0 aliphatic rings. The largest absolute Gasteiger partial charge is 0.480 e. The van der Waals surface area contributed by atoms with Crippen molar-refractivity contribution in [2.45, 2.75) is 33.2 Å². The van der Waals surface area contributed by atoms with E-state index in [1.807, 2.05) is 26.8 Å². The predicted molar refractivity (Wildman–Crippen MR) is 77.2 cm³/mol. The summed E-state index contributed by atoms with van der Waals surface area (Å²) in [5.74, 6) is -1.50. The van der Waals surface area contributed by atoms with Gasteiger partial charge >= 0.3 is 5.97 Å². The van der Waals surface area contributed by atoms with Gasteiger partial charge in [-0.05, 0) is 40.9 Å². The number of carboxylic acid groups (broad SMARTS) is 1. The quantitative estimate of drug-likeness (QED) is 0.873. The maximum atomic E-state index is 12.1. The van der Waals surface area contributed by atoms with E-state index in [4.69, 9.17) is 5.11 Å². The van der Waals surface area contributed by atoms with Gasteiger partial charge in [-0.1, -0.05) is 31.9 Å². The van der Waals surface area contributed by atoms with E-state index in [0.29, 0.717) is 16.5 Å². The van der Waals surface area contributed by atoms with Crippen molar-refractivity contribution >= 4 is 27.8 Å². The number of carboxylic acids is 1. The first-order chi connectivity index (χ1) is 8.86. The molecule has 4 nitrogen and oxygen atoms in total. The van der Waals surface area contributed by atoms with Crippen LogP contribution in [0.4, 0.5) is 0 Å². The second-order valence-electron chi connectivity index (χ2n) is 4.66. The fourth-order valence-electron chi connectivity index (χ4n) is 1.72. The van der Waals surface area contributed by atoms with Crippen molar-refractivity contribution in [3.8, 4) is 0 Å². The Hall–Kier alpha value is -1.36. The lowest BCUT2D eigenvalue weighted by Crippen LogP contribution is -2.45. The van der Waals surface area contributed by atoms with Crippen molar-refractivity contribution in [1.29, 1.82) is 0 Å². The molecule has 104 valence electrons. The first kappa shape index (κ1) is 15.7. The smallest absolute Gasteiger partial charge is 0.326 e. The highest BCUT2D eigenvalue weighted by Gasteiger charge is 2.26. The molecule has 0 spiro atoms. The third-order valence-corrected chi connectivity index (χ3v) is 3.82. The van der Waals surface area contributed by atoms with Gasteiger partial charge in [-0.25, -0.2) is 4.79 Å². The van der Waals surface area contributed by atoms with Gasteiger partial charge in [0.1, 0.15) is 6.04 Å². The van der Waals surface area contributed by atoms with Crippen molar-refractivity contribution in [2.75, 3.05) is 0 Å². The summed E-state index contributed by atoms with van der Waals surface area (Å²) in [4.78, 5) is 23.3. The van der Waals surface area contributed by atoms with Crippen molar-refractivity contribution in [3.05, 3.63) is 33.8 Å². The van der Waals surface area contributed by atoms with E-state index in [0.717, 1.165) is 5.56 Å². The molecule has 0 bridgehead atoms. The van der Waals surface area contributed by atoms with Gasteiger partial charge in [0.05, 0.1) is 5.56 Å². The Morgan fingerprint density at radius 2 is 2.05 bits per heavy atom. The van der Waals surface area contributed by atoms with Crippen molar-refractivity contribution < 1.29 is 14.7 Å². The van der Waals surface area contributed by atoms with Crippen LogP contribution in [-0.2, 0) is 4.79 Å². The van der Waals surface area contributed by atoms with Crippen LogP contribution in [0.15, 0.2) is 22.7 Å². The van der Waals surface area contributed by atoms with Crippen LogP contribution in [0.1, 0.15) is 36.2 Å². The van der Waals surface area contributed by atoms with Crippen LogP contribution in [0.25, 0.3) is 0 Å². The molecule has 1 amide bonds. The van der Waals surface area contributed by atoms with Crippen LogP contribution in [0.5, 0.6) is 0 Å². The average Bonchev–Trinajstić information content (AvgIpc) is 2.37. The molecule has 1 unspecified atom stereocenters. The van der Waals surface area contributed by atoms with Crippen LogP contribution in [0, 0.1) is 12.8 Å². The number of nitrogens with one attached hydrogen (secondary N) is 1. The molecule has 5 heteroatoms.